The second-order valence-corrected chi connectivity index (χ2v) is 5.27. The predicted molar refractivity (Wildman–Crippen MR) is 90.8 cm³/mol. The molecule has 0 atom stereocenters. The summed E-state index contributed by atoms with van der Waals surface area (Å²) in [6, 6.07) is 13.7. The van der Waals surface area contributed by atoms with Gasteiger partial charge in [-0.25, -0.2) is 4.98 Å². The first kappa shape index (κ1) is 16.0. The van der Waals surface area contributed by atoms with Crippen molar-refractivity contribution in [1.82, 2.24) is 9.97 Å². The maximum atomic E-state index is 11.2. The number of benzene rings is 2. The third-order valence-corrected chi connectivity index (χ3v) is 3.69. The highest BCUT2D eigenvalue weighted by Crippen LogP contribution is 2.28. The molecule has 3 rings (SSSR count). The first-order chi connectivity index (χ1) is 12.1. The lowest BCUT2D eigenvalue weighted by Gasteiger charge is -2.07. The van der Waals surface area contributed by atoms with Gasteiger partial charge in [-0.15, -0.1) is 0 Å². The SMILES string of the molecule is N#Cc1cc(NCCc2nc3ccccc3[nH]2)c([N+](=O)[O-])cc1C#N. The van der Waals surface area contributed by atoms with Gasteiger partial charge in [0.2, 0.25) is 0 Å². The van der Waals surface area contributed by atoms with E-state index in [1.54, 1.807) is 6.07 Å². The summed E-state index contributed by atoms with van der Waals surface area (Å²) in [6.45, 7) is 0.386. The molecule has 8 nitrogen and oxygen atoms in total. The number of H-pyrrole nitrogens is 1. The maximum absolute atomic E-state index is 11.2. The molecule has 2 aromatic carbocycles. The highest BCUT2D eigenvalue weighted by atomic mass is 16.6. The monoisotopic (exact) mass is 332 g/mol. The lowest BCUT2D eigenvalue weighted by atomic mass is 10.1. The number of nitrogens with zero attached hydrogens (tertiary/aromatic N) is 4. The Labute approximate surface area is 142 Å². The van der Waals surface area contributed by atoms with Gasteiger partial charge in [-0.05, 0) is 18.2 Å². The Hall–Kier alpha value is -3.91. The summed E-state index contributed by atoms with van der Waals surface area (Å²) in [6.07, 6.45) is 0.522. The van der Waals surface area contributed by atoms with Crippen LogP contribution in [-0.4, -0.2) is 21.4 Å². The number of nitrogens with one attached hydrogen (secondary N) is 2. The zero-order valence-electron chi connectivity index (χ0n) is 13.0. The van der Waals surface area contributed by atoms with Crippen molar-refractivity contribution in [2.75, 3.05) is 11.9 Å². The van der Waals surface area contributed by atoms with Crippen molar-refractivity contribution in [3.8, 4) is 12.1 Å². The van der Waals surface area contributed by atoms with E-state index >= 15 is 0 Å². The molecular formula is C17H12N6O2. The van der Waals surface area contributed by atoms with Crippen LogP contribution in [0.3, 0.4) is 0 Å². The molecule has 0 amide bonds. The van der Waals surface area contributed by atoms with Gasteiger partial charge >= 0.3 is 0 Å². The van der Waals surface area contributed by atoms with Gasteiger partial charge in [-0.2, -0.15) is 10.5 Å². The molecule has 8 heteroatoms. The van der Waals surface area contributed by atoms with Crippen molar-refractivity contribution < 1.29 is 4.92 Å². The lowest BCUT2D eigenvalue weighted by Crippen LogP contribution is -2.08. The first-order valence-electron chi connectivity index (χ1n) is 7.42. The van der Waals surface area contributed by atoms with Crippen LogP contribution in [0.2, 0.25) is 0 Å². The number of hydrogen-bond donors (Lipinski definition) is 2. The Balaban J connectivity index is 1.79. The molecule has 0 aliphatic carbocycles. The van der Waals surface area contributed by atoms with Gasteiger partial charge in [0.1, 0.15) is 23.7 Å². The number of imidazole rings is 1. The summed E-state index contributed by atoms with van der Waals surface area (Å²) in [5.74, 6) is 0.755. The van der Waals surface area contributed by atoms with Gasteiger partial charge in [0.25, 0.3) is 5.69 Å². The molecule has 3 aromatic rings. The minimum absolute atomic E-state index is 0.0166. The van der Waals surface area contributed by atoms with Crippen LogP contribution < -0.4 is 5.32 Å². The fraction of sp³-hybridized carbons (Fsp3) is 0.118. The topological polar surface area (TPSA) is 131 Å². The summed E-state index contributed by atoms with van der Waals surface area (Å²) in [4.78, 5) is 18.2. The van der Waals surface area contributed by atoms with Crippen molar-refractivity contribution >= 4 is 22.4 Å². The van der Waals surface area contributed by atoms with Crippen molar-refractivity contribution in [3.63, 3.8) is 0 Å². The quantitative estimate of drug-likeness (QED) is 0.545. The van der Waals surface area contributed by atoms with Crippen molar-refractivity contribution in [3.05, 3.63) is 63.5 Å². The minimum Gasteiger partial charge on any atom is -0.379 e. The van der Waals surface area contributed by atoms with Gasteiger partial charge < -0.3 is 10.3 Å². The summed E-state index contributed by atoms with van der Waals surface area (Å²) in [5.41, 5.74) is 1.83. The van der Waals surface area contributed by atoms with Crippen LogP contribution in [0, 0.1) is 32.8 Å². The Kier molecular flexibility index (Phi) is 4.27. The summed E-state index contributed by atoms with van der Waals surface area (Å²) < 4.78 is 0. The predicted octanol–water partition coefficient (Wildman–Crippen LogP) is 2.87. The second-order valence-electron chi connectivity index (χ2n) is 5.27. The zero-order chi connectivity index (χ0) is 17.8. The third kappa shape index (κ3) is 3.23. The van der Waals surface area contributed by atoms with Crippen LogP contribution in [-0.2, 0) is 6.42 Å². The molecule has 122 valence electrons. The van der Waals surface area contributed by atoms with Crippen molar-refractivity contribution in [2.45, 2.75) is 6.42 Å². The number of nitro groups is 1. The Morgan fingerprint density at radius 1 is 1.20 bits per heavy atom. The number of nitriles is 2. The molecule has 0 unspecified atom stereocenters. The fourth-order valence-corrected chi connectivity index (χ4v) is 2.51. The average Bonchev–Trinajstić information content (AvgIpc) is 3.03. The first-order valence-corrected chi connectivity index (χ1v) is 7.42. The number of rotatable bonds is 5. The third-order valence-electron chi connectivity index (χ3n) is 3.69. The molecule has 1 aromatic heterocycles. The molecule has 0 spiro atoms. The smallest absolute Gasteiger partial charge is 0.293 e. The van der Waals surface area contributed by atoms with E-state index in [9.17, 15) is 10.1 Å². The lowest BCUT2D eigenvalue weighted by molar-refractivity contribution is -0.384. The van der Waals surface area contributed by atoms with Crippen LogP contribution in [0.15, 0.2) is 36.4 Å². The van der Waals surface area contributed by atoms with Gasteiger partial charge in [0.05, 0.1) is 27.1 Å². The largest absolute Gasteiger partial charge is 0.379 e. The Morgan fingerprint density at radius 3 is 2.60 bits per heavy atom. The summed E-state index contributed by atoms with van der Waals surface area (Å²) >= 11 is 0. The maximum Gasteiger partial charge on any atom is 0.293 e. The molecule has 0 saturated carbocycles. The second kappa shape index (κ2) is 6.69. The van der Waals surface area contributed by atoms with Crippen LogP contribution in [0.4, 0.5) is 11.4 Å². The number of aromatic nitrogens is 2. The normalized spacial score (nSPS) is 10.2. The van der Waals surface area contributed by atoms with Crippen LogP contribution >= 0.6 is 0 Å². The molecule has 0 aliphatic heterocycles. The fourth-order valence-electron chi connectivity index (χ4n) is 2.51. The van der Waals surface area contributed by atoms with Crippen LogP contribution in [0.25, 0.3) is 11.0 Å². The van der Waals surface area contributed by atoms with E-state index in [0.717, 1.165) is 22.9 Å². The number of hydrogen-bond acceptors (Lipinski definition) is 6. The Morgan fingerprint density at radius 2 is 1.92 bits per heavy atom. The van der Waals surface area contributed by atoms with E-state index in [2.05, 4.69) is 15.3 Å². The highest BCUT2D eigenvalue weighted by Gasteiger charge is 2.18. The molecular weight excluding hydrogens is 320 g/mol. The number of fused-ring (bicyclic) bond motifs is 1. The molecule has 0 fully saturated rings. The van der Waals surface area contributed by atoms with Crippen LogP contribution in [0.1, 0.15) is 17.0 Å². The van der Waals surface area contributed by atoms with Gasteiger partial charge in [-0.1, -0.05) is 12.1 Å². The van der Waals surface area contributed by atoms with Crippen molar-refractivity contribution in [2.24, 2.45) is 0 Å². The summed E-state index contributed by atoms with van der Waals surface area (Å²) in [5, 5.41) is 32.2. The minimum atomic E-state index is -0.578. The van der Waals surface area contributed by atoms with Gasteiger partial charge in [0.15, 0.2) is 0 Å². The molecule has 0 bridgehead atoms. The van der Waals surface area contributed by atoms with E-state index in [-0.39, 0.29) is 22.5 Å². The number of anilines is 1. The standard InChI is InChI=1S/C17H12N6O2/c18-9-11-7-15(16(23(24)25)8-12(11)10-19)20-6-5-17-21-13-3-1-2-4-14(13)22-17/h1-4,7-8,20H,5-6H2,(H,21,22). The molecule has 0 saturated heterocycles. The van der Waals surface area contributed by atoms with Gasteiger partial charge in [-0.3, -0.25) is 10.1 Å². The molecule has 1 heterocycles. The zero-order valence-corrected chi connectivity index (χ0v) is 13.0. The van der Waals surface area contributed by atoms with E-state index in [1.165, 1.54) is 6.07 Å². The molecule has 0 radical (unpaired) electrons. The molecule has 2 N–H and O–H groups in total. The number of aromatic amines is 1. The van der Waals surface area contributed by atoms with E-state index in [0.29, 0.717) is 13.0 Å². The van der Waals surface area contributed by atoms with E-state index < -0.39 is 4.92 Å². The molecule has 0 aliphatic rings. The van der Waals surface area contributed by atoms with E-state index in [1.807, 2.05) is 30.3 Å². The molecule has 25 heavy (non-hydrogen) atoms. The number of para-hydroxylation sites is 2. The Bertz CT molecular complexity index is 1010. The van der Waals surface area contributed by atoms with Crippen LogP contribution in [0.5, 0.6) is 0 Å². The van der Waals surface area contributed by atoms with E-state index in [4.69, 9.17) is 10.5 Å². The number of nitro benzene ring substituents is 1. The average molecular weight is 332 g/mol. The van der Waals surface area contributed by atoms with Crippen molar-refractivity contribution in [1.29, 1.82) is 10.5 Å². The summed E-state index contributed by atoms with van der Waals surface area (Å²) in [7, 11) is 0. The van der Waals surface area contributed by atoms with Gasteiger partial charge in [0, 0.05) is 19.0 Å². The highest BCUT2D eigenvalue weighted by molar-refractivity contribution is 5.74.